The van der Waals surface area contributed by atoms with Crippen LogP contribution in [-0.2, 0) is 4.79 Å². The first-order valence-electron chi connectivity index (χ1n) is 7.60. The van der Waals surface area contributed by atoms with Gasteiger partial charge in [0.2, 0.25) is 5.91 Å². The van der Waals surface area contributed by atoms with Crippen molar-refractivity contribution in [2.45, 2.75) is 32.4 Å². The normalized spacial score (nSPS) is 17.3. The lowest BCUT2D eigenvalue weighted by molar-refractivity contribution is -0.118. The zero-order valence-corrected chi connectivity index (χ0v) is 13.7. The van der Waals surface area contributed by atoms with Crippen LogP contribution in [0.4, 0.5) is 14.9 Å². The molecule has 2 rings (SSSR count). The van der Waals surface area contributed by atoms with Gasteiger partial charge in [0.25, 0.3) is 5.91 Å². The number of anilines is 1. The average molecular weight is 337 g/mol. The summed E-state index contributed by atoms with van der Waals surface area (Å²) >= 11 is 0. The van der Waals surface area contributed by atoms with Crippen LogP contribution in [0.5, 0.6) is 0 Å². The maximum absolute atomic E-state index is 14.4. The second kappa shape index (κ2) is 6.86. The number of hydrogen-bond donors (Lipinski definition) is 2. The molecule has 130 valence electrons. The number of amides is 3. The third-order valence-electron chi connectivity index (χ3n) is 4.08. The third kappa shape index (κ3) is 3.47. The Labute approximate surface area is 139 Å². The standard InChI is InChI=1S/C16H20FN3O4/c1-9(2)19(3)14(21)10-4-5-13(11(17)8-10)20-7-6-12(15(20)22)18-16(23)24/h4-5,8-9,12,18H,6-7H2,1-3H3,(H,23,24)/t12-/m0/s1. The van der Waals surface area contributed by atoms with E-state index in [-0.39, 0.29) is 36.2 Å². The maximum Gasteiger partial charge on any atom is 0.405 e. The molecule has 7 nitrogen and oxygen atoms in total. The van der Waals surface area contributed by atoms with Gasteiger partial charge in [-0.1, -0.05) is 0 Å². The van der Waals surface area contributed by atoms with Crippen LogP contribution in [0.1, 0.15) is 30.6 Å². The molecular weight excluding hydrogens is 317 g/mol. The SMILES string of the molecule is CC(C)N(C)C(=O)c1ccc(N2CC[C@H](NC(=O)O)C2=O)c(F)c1. The highest BCUT2D eigenvalue weighted by atomic mass is 19.1. The van der Waals surface area contributed by atoms with Gasteiger partial charge in [-0.3, -0.25) is 9.59 Å². The zero-order valence-electron chi connectivity index (χ0n) is 13.7. The van der Waals surface area contributed by atoms with E-state index in [0.717, 1.165) is 6.07 Å². The van der Waals surface area contributed by atoms with E-state index < -0.39 is 23.9 Å². The summed E-state index contributed by atoms with van der Waals surface area (Å²) in [4.78, 5) is 37.7. The van der Waals surface area contributed by atoms with E-state index in [1.54, 1.807) is 7.05 Å². The van der Waals surface area contributed by atoms with Gasteiger partial charge in [-0.25, -0.2) is 9.18 Å². The molecule has 8 heteroatoms. The van der Waals surface area contributed by atoms with Crippen LogP contribution in [-0.4, -0.2) is 53.6 Å². The van der Waals surface area contributed by atoms with E-state index in [1.165, 1.54) is 21.9 Å². The predicted molar refractivity (Wildman–Crippen MR) is 85.5 cm³/mol. The summed E-state index contributed by atoms with van der Waals surface area (Å²) in [6.07, 6.45) is -1.03. The minimum atomic E-state index is -1.30. The molecule has 1 heterocycles. The monoisotopic (exact) mass is 337 g/mol. The molecule has 2 N–H and O–H groups in total. The molecule has 0 saturated carbocycles. The summed E-state index contributed by atoms with van der Waals surface area (Å²) in [5, 5.41) is 10.8. The van der Waals surface area contributed by atoms with Crippen LogP contribution in [0.15, 0.2) is 18.2 Å². The Bertz CT molecular complexity index is 677. The van der Waals surface area contributed by atoms with Crippen LogP contribution in [0.3, 0.4) is 0 Å². The quantitative estimate of drug-likeness (QED) is 0.875. The number of hydrogen-bond acceptors (Lipinski definition) is 3. The van der Waals surface area contributed by atoms with Gasteiger partial charge in [0.15, 0.2) is 0 Å². The van der Waals surface area contributed by atoms with Crippen LogP contribution in [0.2, 0.25) is 0 Å². The van der Waals surface area contributed by atoms with Crippen molar-refractivity contribution in [3.63, 3.8) is 0 Å². The molecule has 1 atom stereocenters. The summed E-state index contributed by atoms with van der Waals surface area (Å²) in [5.74, 6) is -1.51. The highest BCUT2D eigenvalue weighted by molar-refractivity contribution is 6.01. The van der Waals surface area contributed by atoms with E-state index in [9.17, 15) is 18.8 Å². The molecule has 0 aliphatic carbocycles. The highest BCUT2D eigenvalue weighted by Crippen LogP contribution is 2.26. The van der Waals surface area contributed by atoms with Gasteiger partial charge < -0.3 is 20.2 Å². The molecule has 0 aromatic heterocycles. The lowest BCUT2D eigenvalue weighted by Crippen LogP contribution is -2.41. The molecule has 1 aromatic rings. The van der Waals surface area contributed by atoms with Crippen molar-refractivity contribution < 1.29 is 23.9 Å². The van der Waals surface area contributed by atoms with Crippen molar-refractivity contribution in [1.82, 2.24) is 10.2 Å². The van der Waals surface area contributed by atoms with E-state index in [4.69, 9.17) is 5.11 Å². The average Bonchev–Trinajstić information content (AvgIpc) is 2.86. The van der Waals surface area contributed by atoms with Gasteiger partial charge in [-0.2, -0.15) is 0 Å². The fraction of sp³-hybridized carbons (Fsp3) is 0.438. The Balaban J connectivity index is 2.20. The molecule has 1 aromatic carbocycles. The van der Waals surface area contributed by atoms with Gasteiger partial charge in [-0.15, -0.1) is 0 Å². The highest BCUT2D eigenvalue weighted by Gasteiger charge is 2.35. The van der Waals surface area contributed by atoms with Gasteiger partial charge in [-0.05, 0) is 38.5 Å². The van der Waals surface area contributed by atoms with Crippen LogP contribution < -0.4 is 10.2 Å². The summed E-state index contributed by atoms with van der Waals surface area (Å²) < 4.78 is 14.4. The Morgan fingerprint density at radius 3 is 2.62 bits per heavy atom. The van der Waals surface area contributed by atoms with Crippen molar-refractivity contribution in [1.29, 1.82) is 0 Å². The number of rotatable bonds is 4. The molecule has 1 aliphatic rings. The topological polar surface area (TPSA) is 90.0 Å². The first-order valence-corrected chi connectivity index (χ1v) is 7.60. The van der Waals surface area contributed by atoms with E-state index in [2.05, 4.69) is 5.32 Å². The summed E-state index contributed by atoms with van der Waals surface area (Å²) in [6, 6.07) is 3.03. The molecular formula is C16H20FN3O4. The van der Waals surface area contributed by atoms with Crippen LogP contribution in [0.25, 0.3) is 0 Å². The van der Waals surface area contributed by atoms with Crippen molar-refractivity contribution in [3.05, 3.63) is 29.6 Å². The fourth-order valence-corrected chi connectivity index (χ4v) is 2.50. The number of carboxylic acid groups (broad SMARTS) is 1. The Morgan fingerprint density at radius 1 is 1.42 bits per heavy atom. The minimum absolute atomic E-state index is 0.0248. The molecule has 0 spiro atoms. The molecule has 1 aliphatic heterocycles. The smallest absolute Gasteiger partial charge is 0.405 e. The van der Waals surface area contributed by atoms with Crippen molar-refractivity contribution in [3.8, 4) is 0 Å². The van der Waals surface area contributed by atoms with Crippen molar-refractivity contribution in [2.75, 3.05) is 18.5 Å². The molecule has 3 amide bonds. The number of benzene rings is 1. The van der Waals surface area contributed by atoms with Crippen LogP contribution >= 0.6 is 0 Å². The third-order valence-corrected chi connectivity index (χ3v) is 4.08. The zero-order chi connectivity index (χ0) is 18.0. The Kier molecular flexibility index (Phi) is 5.06. The van der Waals surface area contributed by atoms with E-state index in [1.807, 2.05) is 13.8 Å². The lowest BCUT2D eigenvalue weighted by atomic mass is 10.1. The predicted octanol–water partition coefficient (Wildman–Crippen LogP) is 1.68. The summed E-state index contributed by atoms with van der Waals surface area (Å²) in [7, 11) is 1.63. The second-order valence-corrected chi connectivity index (χ2v) is 5.96. The summed E-state index contributed by atoms with van der Waals surface area (Å²) in [6.45, 7) is 3.90. The van der Waals surface area contributed by atoms with Gasteiger partial charge in [0.05, 0.1) is 5.69 Å². The molecule has 1 fully saturated rings. The number of carbonyl (C=O) groups excluding carboxylic acids is 2. The van der Waals surface area contributed by atoms with E-state index in [0.29, 0.717) is 0 Å². The largest absolute Gasteiger partial charge is 0.465 e. The fourth-order valence-electron chi connectivity index (χ4n) is 2.50. The Hall–Kier alpha value is -2.64. The molecule has 24 heavy (non-hydrogen) atoms. The first-order chi connectivity index (χ1) is 11.2. The molecule has 0 unspecified atom stereocenters. The van der Waals surface area contributed by atoms with Gasteiger partial charge in [0, 0.05) is 25.2 Å². The van der Waals surface area contributed by atoms with Crippen molar-refractivity contribution >= 4 is 23.6 Å². The number of nitrogens with zero attached hydrogens (tertiary/aromatic N) is 2. The minimum Gasteiger partial charge on any atom is -0.465 e. The second-order valence-electron chi connectivity index (χ2n) is 5.96. The molecule has 0 bridgehead atoms. The van der Waals surface area contributed by atoms with E-state index >= 15 is 0 Å². The van der Waals surface area contributed by atoms with Crippen molar-refractivity contribution in [2.24, 2.45) is 0 Å². The first kappa shape index (κ1) is 17.7. The maximum atomic E-state index is 14.4. The number of nitrogens with one attached hydrogen (secondary N) is 1. The lowest BCUT2D eigenvalue weighted by Gasteiger charge is -2.22. The number of halogens is 1. The van der Waals surface area contributed by atoms with Gasteiger partial charge in [0.1, 0.15) is 11.9 Å². The Morgan fingerprint density at radius 2 is 2.08 bits per heavy atom. The molecule has 1 saturated heterocycles. The van der Waals surface area contributed by atoms with Gasteiger partial charge >= 0.3 is 6.09 Å². The molecule has 0 radical (unpaired) electrons. The summed E-state index contributed by atoms with van der Waals surface area (Å²) in [5.41, 5.74) is 0.234. The number of carbonyl (C=O) groups is 3. The van der Waals surface area contributed by atoms with Crippen LogP contribution in [0, 0.1) is 5.82 Å².